The second kappa shape index (κ2) is 5.89. The molecule has 2 nitrogen and oxygen atoms in total. The van der Waals surface area contributed by atoms with E-state index in [1.807, 2.05) is 6.92 Å². The highest BCUT2D eigenvalue weighted by Gasteiger charge is 2.06. The summed E-state index contributed by atoms with van der Waals surface area (Å²) in [4.78, 5) is 0. The molecule has 0 amide bonds. The van der Waals surface area contributed by atoms with E-state index in [0.29, 0.717) is 6.54 Å². The highest BCUT2D eigenvalue weighted by Crippen LogP contribution is 2.12. The summed E-state index contributed by atoms with van der Waals surface area (Å²) in [7, 11) is 0. The number of benzene rings is 1. The predicted molar refractivity (Wildman–Crippen MR) is 64.2 cm³/mol. The second-order valence-corrected chi connectivity index (χ2v) is 4.10. The Morgan fingerprint density at radius 3 is 2.73 bits per heavy atom. The van der Waals surface area contributed by atoms with E-state index in [2.05, 4.69) is 37.4 Å². The minimum Gasteiger partial charge on any atom is -0.391 e. The third-order valence-corrected chi connectivity index (χ3v) is 2.59. The van der Waals surface area contributed by atoms with Crippen LogP contribution in [-0.4, -0.2) is 24.3 Å². The summed E-state index contributed by atoms with van der Waals surface area (Å²) in [6.07, 6.45) is 0.450. The molecule has 0 aliphatic heterocycles. The summed E-state index contributed by atoms with van der Waals surface area (Å²) in [5.74, 6) is 0. The van der Waals surface area contributed by atoms with Crippen LogP contribution in [0.1, 0.15) is 23.6 Å². The minimum absolute atomic E-state index is 0.287. The zero-order valence-electron chi connectivity index (χ0n) is 9.88. The molecule has 0 radical (unpaired) electrons. The molecule has 2 N–H and O–H groups in total. The monoisotopic (exact) mass is 207 g/mol. The van der Waals surface area contributed by atoms with Crippen molar-refractivity contribution in [1.29, 1.82) is 0 Å². The molecule has 0 aliphatic rings. The van der Waals surface area contributed by atoms with Crippen LogP contribution in [0.4, 0.5) is 0 Å². The molecule has 1 aromatic rings. The first-order valence-corrected chi connectivity index (χ1v) is 5.58. The van der Waals surface area contributed by atoms with Gasteiger partial charge in [0.25, 0.3) is 0 Å². The van der Waals surface area contributed by atoms with E-state index in [4.69, 9.17) is 0 Å². The van der Waals surface area contributed by atoms with E-state index in [1.165, 1.54) is 16.7 Å². The van der Waals surface area contributed by atoms with Crippen molar-refractivity contribution in [2.24, 2.45) is 0 Å². The number of hydrogen-bond donors (Lipinski definition) is 2. The van der Waals surface area contributed by atoms with Crippen LogP contribution in [0.3, 0.4) is 0 Å². The molecule has 0 spiro atoms. The van der Waals surface area contributed by atoms with Crippen molar-refractivity contribution in [3.63, 3.8) is 0 Å². The molecule has 0 fully saturated rings. The van der Waals surface area contributed by atoms with Crippen LogP contribution in [-0.2, 0) is 6.42 Å². The van der Waals surface area contributed by atoms with Gasteiger partial charge in [0.05, 0.1) is 6.10 Å². The average molecular weight is 207 g/mol. The molecule has 2 heteroatoms. The smallest absolute Gasteiger partial charge is 0.0704 e. The molecular weight excluding hydrogens is 186 g/mol. The molecule has 1 atom stereocenters. The normalized spacial score (nSPS) is 12.8. The van der Waals surface area contributed by atoms with Gasteiger partial charge in [0, 0.05) is 6.54 Å². The molecule has 0 aromatic heterocycles. The lowest BCUT2D eigenvalue weighted by atomic mass is 10.0. The van der Waals surface area contributed by atoms with Gasteiger partial charge in [0.2, 0.25) is 0 Å². The van der Waals surface area contributed by atoms with Crippen molar-refractivity contribution in [1.82, 2.24) is 5.32 Å². The van der Waals surface area contributed by atoms with Crippen LogP contribution in [0.15, 0.2) is 18.2 Å². The molecule has 0 saturated heterocycles. The number of aliphatic hydroxyl groups is 1. The topological polar surface area (TPSA) is 32.3 Å². The van der Waals surface area contributed by atoms with Crippen molar-refractivity contribution in [3.05, 3.63) is 34.9 Å². The van der Waals surface area contributed by atoms with Gasteiger partial charge in [-0.2, -0.15) is 0 Å². The van der Waals surface area contributed by atoms with Crippen molar-refractivity contribution >= 4 is 0 Å². The van der Waals surface area contributed by atoms with E-state index >= 15 is 0 Å². The van der Waals surface area contributed by atoms with Crippen LogP contribution in [0.2, 0.25) is 0 Å². The predicted octanol–water partition coefficient (Wildman–Crippen LogP) is 1.82. The first-order valence-electron chi connectivity index (χ1n) is 5.58. The maximum atomic E-state index is 9.79. The summed E-state index contributed by atoms with van der Waals surface area (Å²) in [5, 5.41) is 12.9. The van der Waals surface area contributed by atoms with Crippen molar-refractivity contribution in [3.8, 4) is 0 Å². The Balaban J connectivity index is 2.59. The van der Waals surface area contributed by atoms with E-state index in [1.54, 1.807) is 0 Å². The maximum absolute atomic E-state index is 9.79. The van der Waals surface area contributed by atoms with Gasteiger partial charge in [-0.1, -0.05) is 30.7 Å². The molecule has 0 heterocycles. The molecule has 1 rings (SSSR count). The van der Waals surface area contributed by atoms with Gasteiger partial charge < -0.3 is 10.4 Å². The first-order chi connectivity index (χ1) is 7.13. The zero-order valence-corrected chi connectivity index (χ0v) is 9.88. The summed E-state index contributed by atoms with van der Waals surface area (Å²) in [6, 6.07) is 6.38. The summed E-state index contributed by atoms with van der Waals surface area (Å²) < 4.78 is 0. The van der Waals surface area contributed by atoms with Crippen molar-refractivity contribution in [2.75, 3.05) is 13.1 Å². The van der Waals surface area contributed by atoms with E-state index < -0.39 is 0 Å². The lowest BCUT2D eigenvalue weighted by molar-refractivity contribution is 0.172. The minimum atomic E-state index is -0.287. The van der Waals surface area contributed by atoms with Gasteiger partial charge in [-0.05, 0) is 37.9 Å². The molecule has 0 aliphatic carbocycles. The Morgan fingerprint density at radius 1 is 1.33 bits per heavy atom. The fourth-order valence-electron chi connectivity index (χ4n) is 1.66. The molecule has 15 heavy (non-hydrogen) atoms. The molecule has 84 valence electrons. The largest absolute Gasteiger partial charge is 0.391 e. The van der Waals surface area contributed by atoms with Gasteiger partial charge in [-0.25, -0.2) is 0 Å². The highest BCUT2D eigenvalue weighted by molar-refractivity contribution is 5.30. The Labute approximate surface area is 92.3 Å². The summed E-state index contributed by atoms with van der Waals surface area (Å²) >= 11 is 0. The number of nitrogens with one attached hydrogen (secondary N) is 1. The van der Waals surface area contributed by atoms with Gasteiger partial charge in [0.1, 0.15) is 0 Å². The van der Waals surface area contributed by atoms with Crippen LogP contribution < -0.4 is 5.32 Å². The average Bonchev–Trinajstić information content (AvgIpc) is 2.20. The molecule has 0 bridgehead atoms. The number of rotatable bonds is 5. The van der Waals surface area contributed by atoms with Crippen LogP contribution in [0.25, 0.3) is 0 Å². The standard InChI is InChI=1S/C13H21NO/c1-4-14-9-13(15)8-12-7-10(2)5-6-11(12)3/h5-7,13-15H,4,8-9H2,1-3H3. The van der Waals surface area contributed by atoms with Crippen molar-refractivity contribution < 1.29 is 5.11 Å². The fraction of sp³-hybridized carbons (Fsp3) is 0.538. The number of hydrogen-bond acceptors (Lipinski definition) is 2. The maximum Gasteiger partial charge on any atom is 0.0704 e. The molecule has 1 unspecified atom stereocenters. The van der Waals surface area contributed by atoms with E-state index in [0.717, 1.165) is 13.0 Å². The van der Waals surface area contributed by atoms with Crippen LogP contribution in [0, 0.1) is 13.8 Å². The van der Waals surface area contributed by atoms with E-state index in [9.17, 15) is 5.11 Å². The fourth-order valence-corrected chi connectivity index (χ4v) is 1.66. The Bertz CT molecular complexity index is 309. The SMILES string of the molecule is CCNCC(O)Cc1cc(C)ccc1C. The molecule has 0 saturated carbocycles. The third-order valence-electron chi connectivity index (χ3n) is 2.59. The quantitative estimate of drug-likeness (QED) is 0.772. The van der Waals surface area contributed by atoms with Gasteiger partial charge in [-0.3, -0.25) is 0 Å². The molecular formula is C13H21NO. The summed E-state index contributed by atoms with van der Waals surface area (Å²) in [5.41, 5.74) is 3.77. The highest BCUT2D eigenvalue weighted by atomic mass is 16.3. The number of aliphatic hydroxyl groups excluding tert-OH is 1. The number of likely N-dealkylation sites (N-methyl/N-ethyl adjacent to an activating group) is 1. The second-order valence-electron chi connectivity index (χ2n) is 4.10. The Morgan fingerprint density at radius 2 is 2.07 bits per heavy atom. The summed E-state index contributed by atoms with van der Waals surface area (Å²) in [6.45, 7) is 7.80. The van der Waals surface area contributed by atoms with Crippen molar-refractivity contribution in [2.45, 2.75) is 33.3 Å². The van der Waals surface area contributed by atoms with E-state index in [-0.39, 0.29) is 6.10 Å². The van der Waals surface area contributed by atoms with Crippen LogP contribution >= 0.6 is 0 Å². The Hall–Kier alpha value is -0.860. The lowest BCUT2D eigenvalue weighted by Crippen LogP contribution is -2.28. The van der Waals surface area contributed by atoms with Gasteiger partial charge in [0.15, 0.2) is 0 Å². The van der Waals surface area contributed by atoms with Crippen LogP contribution in [0.5, 0.6) is 0 Å². The van der Waals surface area contributed by atoms with Gasteiger partial charge >= 0.3 is 0 Å². The first kappa shape index (κ1) is 12.2. The lowest BCUT2D eigenvalue weighted by Gasteiger charge is -2.13. The zero-order chi connectivity index (χ0) is 11.3. The number of aryl methyl sites for hydroxylation is 2. The third kappa shape index (κ3) is 4.02. The van der Waals surface area contributed by atoms with Gasteiger partial charge in [-0.15, -0.1) is 0 Å². The Kier molecular flexibility index (Phi) is 4.79. The molecule has 1 aromatic carbocycles.